The average molecular weight is 406 g/mol. The molecule has 8 heteroatoms. The van der Waals surface area contributed by atoms with Crippen LogP contribution in [0.1, 0.15) is 45.6 Å². The first-order valence-electron chi connectivity index (χ1n) is 9.81. The van der Waals surface area contributed by atoms with Gasteiger partial charge >= 0.3 is 18.2 Å². The summed E-state index contributed by atoms with van der Waals surface area (Å²) in [6.45, 7) is 6.35. The van der Waals surface area contributed by atoms with Gasteiger partial charge in [-0.2, -0.15) is 0 Å². The van der Waals surface area contributed by atoms with Crippen molar-refractivity contribution >= 4 is 18.2 Å². The van der Waals surface area contributed by atoms with Crippen LogP contribution < -0.4 is 5.32 Å². The van der Waals surface area contributed by atoms with Gasteiger partial charge in [-0.05, 0) is 45.1 Å². The third kappa shape index (κ3) is 8.01. The first kappa shape index (κ1) is 22.5. The van der Waals surface area contributed by atoms with Crippen molar-refractivity contribution in [3.63, 3.8) is 0 Å². The van der Waals surface area contributed by atoms with Crippen LogP contribution in [0.5, 0.6) is 0 Å². The number of benzene rings is 1. The summed E-state index contributed by atoms with van der Waals surface area (Å²) in [7, 11) is 0. The van der Waals surface area contributed by atoms with E-state index in [2.05, 4.69) is 5.32 Å². The first-order valence-corrected chi connectivity index (χ1v) is 9.81. The lowest BCUT2D eigenvalue weighted by molar-refractivity contribution is -0.138. The first-order chi connectivity index (χ1) is 13.6. The van der Waals surface area contributed by atoms with Crippen molar-refractivity contribution in [1.29, 1.82) is 0 Å². The van der Waals surface area contributed by atoms with E-state index in [0.29, 0.717) is 25.9 Å². The minimum Gasteiger partial charge on any atom is -0.481 e. The smallest absolute Gasteiger partial charge is 0.410 e. The van der Waals surface area contributed by atoms with E-state index in [1.165, 1.54) is 0 Å². The Bertz CT molecular complexity index is 693. The molecular weight excluding hydrogens is 376 g/mol. The van der Waals surface area contributed by atoms with Crippen LogP contribution >= 0.6 is 0 Å². The molecule has 2 amide bonds. The molecule has 0 aromatic heterocycles. The maximum atomic E-state index is 12.3. The summed E-state index contributed by atoms with van der Waals surface area (Å²) >= 11 is 0. The fourth-order valence-electron chi connectivity index (χ4n) is 3.28. The summed E-state index contributed by atoms with van der Waals surface area (Å²) in [5.74, 6) is -1.05. The Labute approximate surface area is 171 Å². The average Bonchev–Trinajstić information content (AvgIpc) is 2.64. The van der Waals surface area contributed by atoms with Crippen molar-refractivity contribution in [2.75, 3.05) is 13.1 Å². The molecule has 1 aromatic rings. The Morgan fingerprint density at radius 3 is 2.34 bits per heavy atom. The van der Waals surface area contributed by atoms with Gasteiger partial charge in [-0.3, -0.25) is 4.79 Å². The number of carbonyl (C=O) groups is 3. The number of carbonyl (C=O) groups excluding carboxylic acids is 2. The van der Waals surface area contributed by atoms with E-state index in [4.69, 9.17) is 9.47 Å². The molecule has 29 heavy (non-hydrogen) atoms. The molecule has 1 atom stereocenters. The maximum absolute atomic E-state index is 12.3. The number of piperidine rings is 1. The van der Waals surface area contributed by atoms with Gasteiger partial charge in [0.25, 0.3) is 0 Å². The van der Waals surface area contributed by atoms with E-state index in [1.807, 2.05) is 30.3 Å². The molecule has 1 aromatic carbocycles. The van der Waals surface area contributed by atoms with Crippen LogP contribution in [-0.2, 0) is 20.9 Å². The Balaban J connectivity index is 1.85. The number of hydrogen-bond donors (Lipinski definition) is 2. The molecule has 1 aliphatic heterocycles. The number of aliphatic carboxylic acids is 1. The van der Waals surface area contributed by atoms with E-state index >= 15 is 0 Å². The molecule has 0 unspecified atom stereocenters. The van der Waals surface area contributed by atoms with E-state index < -0.39 is 23.7 Å². The lowest BCUT2D eigenvalue weighted by atomic mass is 9.87. The zero-order valence-corrected chi connectivity index (χ0v) is 17.2. The molecule has 1 saturated heterocycles. The van der Waals surface area contributed by atoms with Crippen molar-refractivity contribution in [2.24, 2.45) is 5.92 Å². The van der Waals surface area contributed by atoms with Gasteiger partial charge < -0.3 is 24.8 Å². The number of likely N-dealkylation sites (tertiary alicyclic amines) is 1. The van der Waals surface area contributed by atoms with Gasteiger partial charge in [0.2, 0.25) is 0 Å². The van der Waals surface area contributed by atoms with Gasteiger partial charge in [0.1, 0.15) is 12.2 Å². The molecule has 0 spiro atoms. The lowest BCUT2D eigenvalue weighted by Crippen LogP contribution is -2.48. The molecule has 1 heterocycles. The summed E-state index contributed by atoms with van der Waals surface area (Å²) in [5.41, 5.74) is 0.253. The topological polar surface area (TPSA) is 105 Å². The standard InChI is InChI=1S/C21H30N2O6/c1-21(2,3)29-19(26)22-17(13-18(24)25)16-9-11-23(12-10-16)20(27)28-14-15-7-5-4-6-8-15/h4-8,16-17H,9-14H2,1-3H3,(H,22,26)(H,24,25)/t17-/m0/s1. The second kappa shape index (κ2) is 10.1. The molecule has 2 N–H and O–H groups in total. The number of carboxylic acids is 1. The van der Waals surface area contributed by atoms with Crippen LogP contribution in [0.15, 0.2) is 30.3 Å². The number of hydrogen-bond acceptors (Lipinski definition) is 5. The second-order valence-corrected chi connectivity index (χ2v) is 8.22. The minimum atomic E-state index is -0.990. The fraction of sp³-hybridized carbons (Fsp3) is 0.571. The molecule has 0 bridgehead atoms. The number of nitrogens with zero attached hydrogens (tertiary/aromatic N) is 1. The highest BCUT2D eigenvalue weighted by molar-refractivity contribution is 5.72. The summed E-state index contributed by atoms with van der Waals surface area (Å²) in [6, 6.07) is 8.89. The highest BCUT2D eigenvalue weighted by Crippen LogP contribution is 2.24. The third-order valence-electron chi connectivity index (χ3n) is 4.67. The number of carboxylic acid groups (broad SMARTS) is 1. The predicted octanol–water partition coefficient (Wildman–Crippen LogP) is 3.40. The van der Waals surface area contributed by atoms with Crippen molar-refractivity contribution in [2.45, 2.75) is 58.3 Å². The molecule has 1 fully saturated rings. The zero-order chi connectivity index (χ0) is 21.4. The highest BCUT2D eigenvalue weighted by Gasteiger charge is 2.32. The van der Waals surface area contributed by atoms with Gasteiger partial charge in [-0.15, -0.1) is 0 Å². The fourth-order valence-corrected chi connectivity index (χ4v) is 3.28. The Hall–Kier alpha value is -2.77. The van der Waals surface area contributed by atoms with Crippen LogP contribution in [0, 0.1) is 5.92 Å². The Morgan fingerprint density at radius 1 is 1.17 bits per heavy atom. The Kier molecular flexibility index (Phi) is 7.87. The van der Waals surface area contributed by atoms with Gasteiger partial charge in [-0.25, -0.2) is 9.59 Å². The minimum absolute atomic E-state index is 0.0585. The van der Waals surface area contributed by atoms with Gasteiger partial charge in [-0.1, -0.05) is 30.3 Å². The van der Waals surface area contributed by atoms with Crippen molar-refractivity contribution in [3.8, 4) is 0 Å². The van der Waals surface area contributed by atoms with E-state index in [1.54, 1.807) is 25.7 Å². The lowest BCUT2D eigenvalue weighted by Gasteiger charge is -2.35. The summed E-state index contributed by atoms with van der Waals surface area (Å²) in [5, 5.41) is 11.9. The van der Waals surface area contributed by atoms with Crippen molar-refractivity contribution in [1.82, 2.24) is 10.2 Å². The normalized spacial score (nSPS) is 16.0. The molecule has 2 rings (SSSR count). The maximum Gasteiger partial charge on any atom is 0.410 e. The van der Waals surface area contributed by atoms with Gasteiger partial charge in [0.15, 0.2) is 0 Å². The second-order valence-electron chi connectivity index (χ2n) is 8.22. The molecular formula is C21H30N2O6. The summed E-state index contributed by atoms with van der Waals surface area (Å²) in [6.07, 6.45) is -0.0549. The molecule has 1 aliphatic rings. The van der Waals surface area contributed by atoms with Crippen LogP contribution in [0.3, 0.4) is 0 Å². The molecule has 0 radical (unpaired) electrons. The van der Waals surface area contributed by atoms with Crippen molar-refractivity contribution in [3.05, 3.63) is 35.9 Å². The van der Waals surface area contributed by atoms with Crippen LogP contribution in [0.25, 0.3) is 0 Å². The quantitative estimate of drug-likeness (QED) is 0.750. The molecule has 160 valence electrons. The largest absolute Gasteiger partial charge is 0.481 e. The number of alkyl carbamates (subject to hydrolysis) is 1. The number of nitrogens with one attached hydrogen (secondary N) is 1. The Morgan fingerprint density at radius 2 is 1.79 bits per heavy atom. The van der Waals surface area contributed by atoms with Crippen molar-refractivity contribution < 1.29 is 29.0 Å². The molecule has 0 aliphatic carbocycles. The molecule has 8 nitrogen and oxygen atoms in total. The van der Waals surface area contributed by atoms with Crippen LogP contribution in [0.2, 0.25) is 0 Å². The van der Waals surface area contributed by atoms with E-state index in [9.17, 15) is 19.5 Å². The number of rotatable bonds is 6. The summed E-state index contributed by atoms with van der Waals surface area (Å²) < 4.78 is 10.6. The highest BCUT2D eigenvalue weighted by atomic mass is 16.6. The monoisotopic (exact) mass is 406 g/mol. The number of amides is 2. The van der Waals surface area contributed by atoms with Crippen LogP contribution in [0.4, 0.5) is 9.59 Å². The van der Waals surface area contributed by atoms with Crippen LogP contribution in [-0.4, -0.2) is 52.9 Å². The van der Waals surface area contributed by atoms with E-state index in [0.717, 1.165) is 5.56 Å². The third-order valence-corrected chi connectivity index (χ3v) is 4.67. The van der Waals surface area contributed by atoms with Gasteiger partial charge in [0.05, 0.1) is 6.42 Å². The number of ether oxygens (including phenoxy) is 2. The molecule has 0 saturated carbocycles. The SMILES string of the molecule is CC(C)(C)OC(=O)N[C@@H](CC(=O)O)C1CCN(C(=O)OCc2ccccc2)CC1. The zero-order valence-electron chi connectivity index (χ0n) is 17.2. The van der Waals surface area contributed by atoms with Gasteiger partial charge in [0, 0.05) is 19.1 Å². The predicted molar refractivity (Wildman–Crippen MR) is 106 cm³/mol. The van der Waals surface area contributed by atoms with E-state index in [-0.39, 0.29) is 25.0 Å². The summed E-state index contributed by atoms with van der Waals surface area (Å²) in [4.78, 5) is 37.2.